The lowest BCUT2D eigenvalue weighted by atomic mass is 10.1. The second-order valence-electron chi connectivity index (χ2n) is 2.37. The molecule has 0 spiro atoms. The molecule has 0 aliphatic carbocycles. The van der Waals surface area contributed by atoms with Crippen LogP contribution < -0.4 is 0 Å². The molecule has 0 bridgehead atoms. The van der Waals surface area contributed by atoms with Crippen molar-refractivity contribution in [3.05, 3.63) is 34.3 Å². The SMILES string of the molecule is CO/N=C/c1cccc(Cl)c1C. The average Bonchev–Trinajstić information content (AvgIpc) is 2.08. The fourth-order valence-corrected chi connectivity index (χ4v) is 1.06. The van der Waals surface area contributed by atoms with Crippen molar-refractivity contribution in [2.75, 3.05) is 7.11 Å². The molecule has 0 saturated carbocycles. The zero-order valence-corrected chi connectivity index (χ0v) is 7.80. The van der Waals surface area contributed by atoms with E-state index in [-0.39, 0.29) is 0 Å². The van der Waals surface area contributed by atoms with Gasteiger partial charge in [0.25, 0.3) is 0 Å². The van der Waals surface area contributed by atoms with Gasteiger partial charge in [-0.3, -0.25) is 0 Å². The normalized spacial score (nSPS) is 10.6. The maximum Gasteiger partial charge on any atom is 0.106 e. The Morgan fingerprint density at radius 3 is 2.92 bits per heavy atom. The number of rotatable bonds is 2. The molecular formula is C9H10ClNO. The first kappa shape index (κ1) is 9.07. The van der Waals surface area contributed by atoms with Crippen LogP contribution >= 0.6 is 11.6 Å². The van der Waals surface area contributed by atoms with Crippen LogP contribution in [0.1, 0.15) is 11.1 Å². The van der Waals surface area contributed by atoms with Crippen LogP contribution in [0.4, 0.5) is 0 Å². The Hall–Kier alpha value is -1.02. The summed E-state index contributed by atoms with van der Waals surface area (Å²) in [5.41, 5.74) is 1.99. The summed E-state index contributed by atoms with van der Waals surface area (Å²) >= 11 is 5.89. The Balaban J connectivity index is 3.00. The molecule has 64 valence electrons. The molecule has 2 nitrogen and oxygen atoms in total. The van der Waals surface area contributed by atoms with Crippen LogP contribution in [0.15, 0.2) is 23.4 Å². The lowest BCUT2D eigenvalue weighted by Gasteiger charge is -2.00. The van der Waals surface area contributed by atoms with Gasteiger partial charge in [-0.1, -0.05) is 28.9 Å². The fraction of sp³-hybridized carbons (Fsp3) is 0.222. The maximum atomic E-state index is 5.89. The first-order valence-corrected chi connectivity index (χ1v) is 3.95. The van der Waals surface area contributed by atoms with Gasteiger partial charge in [-0.2, -0.15) is 0 Å². The number of nitrogens with zero attached hydrogens (tertiary/aromatic N) is 1. The number of benzene rings is 1. The highest BCUT2D eigenvalue weighted by molar-refractivity contribution is 6.31. The van der Waals surface area contributed by atoms with E-state index in [0.717, 1.165) is 16.1 Å². The van der Waals surface area contributed by atoms with Crippen molar-refractivity contribution in [2.45, 2.75) is 6.92 Å². The van der Waals surface area contributed by atoms with Gasteiger partial charge >= 0.3 is 0 Å². The van der Waals surface area contributed by atoms with Crippen molar-refractivity contribution in [3.8, 4) is 0 Å². The van der Waals surface area contributed by atoms with Gasteiger partial charge < -0.3 is 4.84 Å². The van der Waals surface area contributed by atoms with Crippen molar-refractivity contribution in [2.24, 2.45) is 5.16 Å². The predicted molar refractivity (Wildman–Crippen MR) is 50.8 cm³/mol. The van der Waals surface area contributed by atoms with E-state index in [9.17, 15) is 0 Å². The Morgan fingerprint density at radius 2 is 2.25 bits per heavy atom. The molecule has 0 aliphatic rings. The quantitative estimate of drug-likeness (QED) is 0.510. The molecule has 0 heterocycles. The lowest BCUT2D eigenvalue weighted by molar-refractivity contribution is 0.215. The summed E-state index contributed by atoms with van der Waals surface area (Å²) in [6.07, 6.45) is 1.64. The molecule has 0 saturated heterocycles. The average molecular weight is 184 g/mol. The summed E-state index contributed by atoms with van der Waals surface area (Å²) < 4.78 is 0. The zero-order valence-electron chi connectivity index (χ0n) is 7.04. The molecule has 3 heteroatoms. The molecule has 0 aliphatic heterocycles. The molecule has 1 aromatic carbocycles. The summed E-state index contributed by atoms with van der Waals surface area (Å²) in [6.45, 7) is 1.94. The fourth-order valence-electron chi connectivity index (χ4n) is 0.873. The van der Waals surface area contributed by atoms with Crippen LogP contribution in [0, 0.1) is 6.92 Å². The van der Waals surface area contributed by atoms with Crippen molar-refractivity contribution >= 4 is 17.8 Å². The van der Waals surface area contributed by atoms with Gasteiger partial charge in [0.2, 0.25) is 0 Å². The molecule has 0 fully saturated rings. The van der Waals surface area contributed by atoms with Gasteiger partial charge in [-0.15, -0.1) is 0 Å². The van der Waals surface area contributed by atoms with Gasteiger partial charge in [0.15, 0.2) is 0 Å². The number of hydrogen-bond donors (Lipinski definition) is 0. The van der Waals surface area contributed by atoms with Gasteiger partial charge in [0.05, 0.1) is 6.21 Å². The van der Waals surface area contributed by atoms with E-state index in [0.29, 0.717) is 0 Å². The molecule has 0 N–H and O–H groups in total. The van der Waals surface area contributed by atoms with E-state index in [2.05, 4.69) is 9.99 Å². The summed E-state index contributed by atoms with van der Waals surface area (Å²) in [5, 5.41) is 4.41. The third-order valence-electron chi connectivity index (χ3n) is 1.61. The molecule has 0 unspecified atom stereocenters. The topological polar surface area (TPSA) is 21.6 Å². The monoisotopic (exact) mass is 183 g/mol. The van der Waals surface area contributed by atoms with E-state index in [1.165, 1.54) is 7.11 Å². The van der Waals surface area contributed by atoms with Crippen LogP contribution in [0.25, 0.3) is 0 Å². The van der Waals surface area contributed by atoms with Gasteiger partial charge in [0.1, 0.15) is 7.11 Å². The minimum absolute atomic E-state index is 0.745. The second-order valence-corrected chi connectivity index (χ2v) is 2.78. The van der Waals surface area contributed by atoms with Crippen LogP contribution in [0.2, 0.25) is 5.02 Å². The van der Waals surface area contributed by atoms with E-state index in [1.807, 2.05) is 25.1 Å². The molecule has 0 amide bonds. The minimum Gasteiger partial charge on any atom is -0.399 e. The van der Waals surface area contributed by atoms with E-state index in [4.69, 9.17) is 11.6 Å². The smallest absolute Gasteiger partial charge is 0.106 e. The number of hydrogen-bond acceptors (Lipinski definition) is 2. The minimum atomic E-state index is 0.745. The Morgan fingerprint density at radius 1 is 1.50 bits per heavy atom. The second kappa shape index (κ2) is 4.12. The van der Waals surface area contributed by atoms with Crippen LogP contribution in [0.5, 0.6) is 0 Å². The number of oxime groups is 1. The molecule has 0 atom stereocenters. The van der Waals surface area contributed by atoms with Gasteiger partial charge in [-0.25, -0.2) is 0 Å². The standard InChI is InChI=1S/C9H10ClNO/c1-7-8(6-11-12-2)4-3-5-9(7)10/h3-6H,1-2H3/b11-6+. The zero-order chi connectivity index (χ0) is 8.97. The summed E-state index contributed by atoms with van der Waals surface area (Å²) in [6, 6.07) is 5.66. The van der Waals surface area contributed by atoms with Crippen molar-refractivity contribution in [3.63, 3.8) is 0 Å². The van der Waals surface area contributed by atoms with E-state index < -0.39 is 0 Å². The van der Waals surface area contributed by atoms with E-state index in [1.54, 1.807) is 6.21 Å². The first-order valence-electron chi connectivity index (χ1n) is 3.57. The molecule has 1 rings (SSSR count). The lowest BCUT2D eigenvalue weighted by Crippen LogP contribution is -1.87. The highest BCUT2D eigenvalue weighted by Crippen LogP contribution is 2.16. The molecular weight excluding hydrogens is 174 g/mol. The molecule has 0 aromatic heterocycles. The predicted octanol–water partition coefficient (Wildman–Crippen LogP) is 2.63. The Labute approximate surface area is 76.8 Å². The Bertz CT molecular complexity index is 297. The highest BCUT2D eigenvalue weighted by atomic mass is 35.5. The summed E-state index contributed by atoms with van der Waals surface area (Å²) in [4.78, 5) is 4.57. The summed E-state index contributed by atoms with van der Waals surface area (Å²) in [5.74, 6) is 0. The highest BCUT2D eigenvalue weighted by Gasteiger charge is 1.98. The third kappa shape index (κ3) is 1.98. The molecule has 12 heavy (non-hydrogen) atoms. The third-order valence-corrected chi connectivity index (χ3v) is 2.02. The Kier molecular flexibility index (Phi) is 3.11. The van der Waals surface area contributed by atoms with Crippen LogP contribution in [-0.2, 0) is 4.84 Å². The molecule has 1 aromatic rings. The molecule has 0 radical (unpaired) electrons. The van der Waals surface area contributed by atoms with E-state index >= 15 is 0 Å². The number of halogens is 1. The van der Waals surface area contributed by atoms with Crippen molar-refractivity contribution in [1.29, 1.82) is 0 Å². The largest absolute Gasteiger partial charge is 0.399 e. The van der Waals surface area contributed by atoms with Crippen LogP contribution in [0.3, 0.4) is 0 Å². The summed E-state index contributed by atoms with van der Waals surface area (Å²) in [7, 11) is 1.51. The maximum absolute atomic E-state index is 5.89. The van der Waals surface area contributed by atoms with Gasteiger partial charge in [-0.05, 0) is 18.6 Å². The van der Waals surface area contributed by atoms with Crippen molar-refractivity contribution in [1.82, 2.24) is 0 Å². The first-order chi connectivity index (χ1) is 5.75. The van der Waals surface area contributed by atoms with Gasteiger partial charge in [0, 0.05) is 10.6 Å². The van der Waals surface area contributed by atoms with Crippen molar-refractivity contribution < 1.29 is 4.84 Å². The van der Waals surface area contributed by atoms with Crippen LogP contribution in [-0.4, -0.2) is 13.3 Å².